The van der Waals surface area contributed by atoms with E-state index in [1.807, 2.05) is 0 Å². The van der Waals surface area contributed by atoms with Crippen molar-refractivity contribution in [2.24, 2.45) is 5.92 Å². The Hall–Kier alpha value is 0.314. The number of rotatable bonds is 10. The fraction of sp³-hybridized carbons (Fsp3) is 1.00. The van der Waals surface area contributed by atoms with Gasteiger partial charge in [0.05, 0.1) is 0 Å². The minimum absolute atomic E-state index is 0.764. The molecule has 1 aliphatic heterocycles. The molecule has 1 saturated heterocycles. The minimum Gasteiger partial charge on any atom is -0.418 e. The van der Waals surface area contributed by atoms with E-state index < -0.39 is 16.6 Å². The average molecular weight is 359 g/mol. The second-order valence-corrected chi connectivity index (χ2v) is 17.5. The van der Waals surface area contributed by atoms with Gasteiger partial charge in [-0.3, -0.25) is 0 Å². The first-order valence-electron chi connectivity index (χ1n) is 9.93. The SMILES string of the molecule is CCO[Si](C)(C)CC(C)CN1CCN([Si](CC)(CC)CC)CC1. The summed E-state index contributed by atoms with van der Waals surface area (Å²) in [6, 6.07) is 5.55. The van der Waals surface area contributed by atoms with Gasteiger partial charge in [-0.25, -0.2) is 0 Å². The highest BCUT2D eigenvalue weighted by Crippen LogP contribution is 2.26. The van der Waals surface area contributed by atoms with E-state index in [9.17, 15) is 0 Å². The quantitative estimate of drug-likeness (QED) is 0.535. The van der Waals surface area contributed by atoms with Crippen molar-refractivity contribution in [2.75, 3.05) is 39.3 Å². The van der Waals surface area contributed by atoms with E-state index in [1.54, 1.807) is 0 Å². The summed E-state index contributed by atoms with van der Waals surface area (Å²) in [6.45, 7) is 23.9. The van der Waals surface area contributed by atoms with Gasteiger partial charge in [-0.05, 0) is 50.1 Å². The van der Waals surface area contributed by atoms with Gasteiger partial charge in [0.25, 0.3) is 0 Å². The van der Waals surface area contributed by atoms with Crippen LogP contribution in [0.25, 0.3) is 0 Å². The molecule has 0 saturated carbocycles. The van der Waals surface area contributed by atoms with Crippen LogP contribution in [0.4, 0.5) is 0 Å². The van der Waals surface area contributed by atoms with Gasteiger partial charge in [-0.1, -0.05) is 27.7 Å². The summed E-state index contributed by atoms with van der Waals surface area (Å²) in [5.41, 5.74) is 0. The van der Waals surface area contributed by atoms with Gasteiger partial charge >= 0.3 is 0 Å². The predicted octanol–water partition coefficient (Wildman–Crippen LogP) is 4.49. The van der Waals surface area contributed by atoms with E-state index in [2.05, 4.69) is 57.2 Å². The molecule has 3 nitrogen and oxygen atoms in total. The fourth-order valence-electron chi connectivity index (χ4n) is 4.62. The van der Waals surface area contributed by atoms with Gasteiger partial charge in [0.1, 0.15) is 8.24 Å². The molecule has 5 heteroatoms. The van der Waals surface area contributed by atoms with Gasteiger partial charge in [0.2, 0.25) is 0 Å². The molecule has 1 aliphatic rings. The van der Waals surface area contributed by atoms with Crippen molar-refractivity contribution < 1.29 is 4.43 Å². The standard InChI is InChI=1S/C18H42N2OSi2/c1-8-21-22(6,7)17-18(5)16-19-12-14-20(15-13-19)23(9-2,10-3)11-4/h18H,8-17H2,1-7H3. The Labute approximate surface area is 148 Å². The maximum Gasteiger partial charge on any atom is 0.187 e. The molecule has 1 unspecified atom stereocenters. The van der Waals surface area contributed by atoms with Crippen LogP contribution >= 0.6 is 0 Å². The summed E-state index contributed by atoms with van der Waals surface area (Å²) in [4.78, 5) is 2.71. The van der Waals surface area contributed by atoms with Crippen molar-refractivity contribution in [3.05, 3.63) is 0 Å². The van der Waals surface area contributed by atoms with E-state index in [0.717, 1.165) is 12.5 Å². The highest BCUT2D eigenvalue weighted by atomic mass is 28.4. The zero-order valence-corrected chi connectivity index (χ0v) is 19.0. The van der Waals surface area contributed by atoms with Crippen LogP contribution < -0.4 is 0 Å². The molecular formula is C18H42N2OSi2. The largest absolute Gasteiger partial charge is 0.418 e. The molecule has 1 rings (SSSR count). The summed E-state index contributed by atoms with van der Waals surface area (Å²) >= 11 is 0. The lowest BCUT2D eigenvalue weighted by Gasteiger charge is -2.46. The summed E-state index contributed by atoms with van der Waals surface area (Å²) in [5.74, 6) is 0.764. The van der Waals surface area contributed by atoms with Gasteiger partial charge < -0.3 is 13.9 Å². The third-order valence-corrected chi connectivity index (χ3v) is 14.5. The summed E-state index contributed by atoms with van der Waals surface area (Å²) in [7, 11) is -2.58. The van der Waals surface area contributed by atoms with Gasteiger partial charge in [-0.15, -0.1) is 0 Å². The van der Waals surface area contributed by atoms with E-state index in [-0.39, 0.29) is 0 Å². The fourth-order valence-corrected chi connectivity index (χ4v) is 11.3. The highest BCUT2D eigenvalue weighted by molar-refractivity contribution is 6.77. The Morgan fingerprint density at radius 3 is 1.87 bits per heavy atom. The molecule has 0 aromatic carbocycles. The lowest BCUT2D eigenvalue weighted by atomic mass is 10.2. The Bertz CT molecular complexity index is 319. The molecular weight excluding hydrogens is 316 g/mol. The summed E-state index contributed by atoms with van der Waals surface area (Å²) in [6.07, 6.45) is 0. The number of piperazine rings is 1. The first kappa shape index (κ1) is 21.4. The molecule has 0 spiro atoms. The molecule has 23 heavy (non-hydrogen) atoms. The molecule has 0 amide bonds. The first-order valence-corrected chi connectivity index (χ1v) is 15.6. The van der Waals surface area contributed by atoms with Crippen LogP contribution in [-0.2, 0) is 4.43 Å². The van der Waals surface area contributed by atoms with E-state index >= 15 is 0 Å². The van der Waals surface area contributed by atoms with E-state index in [1.165, 1.54) is 56.9 Å². The van der Waals surface area contributed by atoms with Crippen molar-refractivity contribution in [1.29, 1.82) is 0 Å². The number of nitrogens with zero attached hydrogens (tertiary/aromatic N) is 2. The van der Waals surface area contributed by atoms with Gasteiger partial charge in [0, 0.05) is 39.3 Å². The molecule has 0 aromatic rings. The van der Waals surface area contributed by atoms with Crippen LogP contribution in [0.2, 0.25) is 37.3 Å². The van der Waals surface area contributed by atoms with Crippen LogP contribution in [0.5, 0.6) is 0 Å². The van der Waals surface area contributed by atoms with Crippen molar-refractivity contribution in [3.63, 3.8) is 0 Å². The van der Waals surface area contributed by atoms with Crippen LogP contribution in [0.15, 0.2) is 0 Å². The Balaban J connectivity index is 2.44. The maximum atomic E-state index is 6.01. The summed E-state index contributed by atoms with van der Waals surface area (Å²) < 4.78 is 8.92. The average Bonchev–Trinajstić information content (AvgIpc) is 2.50. The molecule has 0 N–H and O–H groups in total. The zero-order valence-electron chi connectivity index (χ0n) is 17.0. The van der Waals surface area contributed by atoms with Crippen LogP contribution in [0.3, 0.4) is 0 Å². The van der Waals surface area contributed by atoms with E-state index in [0.29, 0.717) is 0 Å². The topological polar surface area (TPSA) is 15.7 Å². The van der Waals surface area contributed by atoms with Gasteiger partial charge in [-0.2, -0.15) is 0 Å². The summed E-state index contributed by atoms with van der Waals surface area (Å²) in [5, 5.41) is 0. The van der Waals surface area contributed by atoms with Crippen molar-refractivity contribution >= 4 is 16.6 Å². The molecule has 138 valence electrons. The second-order valence-electron chi connectivity index (χ2n) is 8.07. The molecule has 0 radical (unpaired) electrons. The monoisotopic (exact) mass is 358 g/mol. The molecule has 0 aromatic heterocycles. The van der Waals surface area contributed by atoms with E-state index in [4.69, 9.17) is 4.43 Å². The van der Waals surface area contributed by atoms with Gasteiger partial charge in [0.15, 0.2) is 8.32 Å². The predicted molar refractivity (Wildman–Crippen MR) is 108 cm³/mol. The van der Waals surface area contributed by atoms with Crippen molar-refractivity contribution in [1.82, 2.24) is 9.47 Å². The molecule has 1 heterocycles. The molecule has 1 fully saturated rings. The first-order chi connectivity index (χ1) is 10.8. The van der Waals surface area contributed by atoms with Crippen molar-refractivity contribution in [3.8, 4) is 0 Å². The molecule has 1 atom stereocenters. The van der Waals surface area contributed by atoms with Crippen LogP contribution in [0.1, 0.15) is 34.6 Å². The number of hydrogen-bond donors (Lipinski definition) is 0. The minimum atomic E-state index is -1.44. The normalized spacial score (nSPS) is 20.0. The third-order valence-electron chi connectivity index (χ3n) is 5.96. The molecule has 0 bridgehead atoms. The zero-order chi connectivity index (χ0) is 17.5. The smallest absolute Gasteiger partial charge is 0.187 e. The highest BCUT2D eigenvalue weighted by Gasteiger charge is 2.36. The third kappa shape index (κ3) is 6.27. The van der Waals surface area contributed by atoms with Crippen LogP contribution in [-0.4, -0.2) is 65.3 Å². The lowest BCUT2D eigenvalue weighted by molar-refractivity contribution is 0.164. The Morgan fingerprint density at radius 1 is 0.913 bits per heavy atom. The Kier molecular flexibility index (Phi) is 9.01. The van der Waals surface area contributed by atoms with Crippen LogP contribution in [0, 0.1) is 5.92 Å². The maximum absolute atomic E-state index is 6.01. The molecule has 0 aliphatic carbocycles. The number of hydrogen-bond acceptors (Lipinski definition) is 3. The second kappa shape index (κ2) is 9.71. The van der Waals surface area contributed by atoms with Crippen molar-refractivity contribution in [2.45, 2.75) is 71.9 Å². The Morgan fingerprint density at radius 2 is 1.43 bits per heavy atom. The lowest BCUT2D eigenvalue weighted by Crippen LogP contribution is -2.59.